The van der Waals surface area contributed by atoms with E-state index in [1.54, 1.807) is 0 Å². The van der Waals surface area contributed by atoms with Gasteiger partial charge in [-0.15, -0.1) is 0 Å². The molecule has 1 aliphatic carbocycles. The van der Waals surface area contributed by atoms with Crippen molar-refractivity contribution in [1.82, 2.24) is 0 Å². The quantitative estimate of drug-likeness (QED) is 0.115. The first-order valence-corrected chi connectivity index (χ1v) is 16.9. The summed E-state index contributed by atoms with van der Waals surface area (Å²) in [6.45, 7) is 4.20. The third kappa shape index (κ3) is 23.7. The first kappa shape index (κ1) is 32.0. The molecule has 202 valence electrons. The molecular weight excluding hydrogens is 432 g/mol. The molecule has 0 heterocycles. The van der Waals surface area contributed by atoms with Crippen LogP contribution in [0.3, 0.4) is 0 Å². The number of azo groups is 1. The molecule has 0 bridgehead atoms. The van der Waals surface area contributed by atoms with Crippen LogP contribution in [0.5, 0.6) is 0 Å². The fourth-order valence-electron chi connectivity index (χ4n) is 5.17. The molecule has 0 aromatic heterocycles. The average molecular weight is 495 g/mol. The summed E-state index contributed by atoms with van der Waals surface area (Å²) in [5.74, 6) is 1.36. The van der Waals surface area contributed by atoms with Crippen LogP contribution in [0.1, 0.15) is 174 Å². The van der Waals surface area contributed by atoms with E-state index in [0.717, 1.165) is 18.3 Å². The third-order valence-corrected chi connectivity index (χ3v) is 8.99. The molecule has 1 rings (SSSR count). The maximum Gasteiger partial charge on any atom is 0.0598 e. The van der Waals surface area contributed by atoms with Gasteiger partial charge >= 0.3 is 0 Å². The number of hydrogen-bond donors (Lipinski definition) is 0. The summed E-state index contributed by atoms with van der Waals surface area (Å²) in [4.78, 5) is 0. The number of rotatable bonds is 21. The first-order valence-electron chi connectivity index (χ1n) is 15.9. The minimum Gasteiger partial charge on any atom is -0.194 e. The molecule has 0 spiro atoms. The Bertz CT molecular complexity index is 400. The van der Waals surface area contributed by atoms with Crippen LogP contribution < -0.4 is 0 Å². The Balaban J connectivity index is 1.79. The minimum absolute atomic E-state index is 0.943. The Hall–Kier alpha value is -0.0500. The molecule has 1 aliphatic rings. The van der Waals surface area contributed by atoms with Gasteiger partial charge in [0.15, 0.2) is 0 Å². The van der Waals surface area contributed by atoms with Crippen LogP contribution in [0, 0.1) is 0 Å². The maximum absolute atomic E-state index is 4.42. The molecule has 34 heavy (non-hydrogen) atoms. The SMILES string of the molecule is CCCCCCCCCCCCCCCN=NCCCCCSC1CCCCCCCCCC1. The standard InChI is InChI=1S/C31H62N2S/c1-2-3-4-5-6-7-8-9-10-13-16-19-23-28-32-33-29-24-20-25-30-34-31-26-21-17-14-11-12-15-18-22-27-31/h31H,2-30H2,1H3. The van der Waals surface area contributed by atoms with Crippen LogP contribution >= 0.6 is 11.8 Å². The fraction of sp³-hybridized carbons (Fsp3) is 1.00. The Morgan fingerprint density at radius 3 is 1.32 bits per heavy atom. The molecule has 0 amide bonds. The molecule has 0 saturated heterocycles. The van der Waals surface area contributed by atoms with Crippen LogP contribution in [0.25, 0.3) is 0 Å². The van der Waals surface area contributed by atoms with Crippen LogP contribution in [0.2, 0.25) is 0 Å². The zero-order valence-electron chi connectivity index (χ0n) is 23.4. The van der Waals surface area contributed by atoms with Crippen molar-refractivity contribution in [3.63, 3.8) is 0 Å². The lowest BCUT2D eigenvalue weighted by molar-refractivity contribution is 0.539. The second-order valence-corrected chi connectivity index (χ2v) is 12.3. The van der Waals surface area contributed by atoms with Gasteiger partial charge < -0.3 is 0 Å². The number of nitrogens with zero attached hydrogens (tertiary/aromatic N) is 2. The van der Waals surface area contributed by atoms with Gasteiger partial charge in [-0.25, -0.2) is 0 Å². The molecular formula is C31H62N2S. The average Bonchev–Trinajstić information content (AvgIpc) is 2.91. The Morgan fingerprint density at radius 1 is 0.471 bits per heavy atom. The van der Waals surface area contributed by atoms with E-state index in [0.29, 0.717) is 0 Å². The molecule has 0 aromatic carbocycles. The first-order chi connectivity index (χ1) is 16.9. The Morgan fingerprint density at radius 2 is 0.853 bits per heavy atom. The van der Waals surface area contributed by atoms with Gasteiger partial charge in [-0.2, -0.15) is 22.0 Å². The summed E-state index contributed by atoms with van der Waals surface area (Å²) in [5.41, 5.74) is 0. The van der Waals surface area contributed by atoms with Crippen LogP contribution in [0.4, 0.5) is 0 Å². The highest BCUT2D eigenvalue weighted by atomic mass is 32.2. The van der Waals surface area contributed by atoms with Crippen molar-refractivity contribution >= 4 is 11.8 Å². The van der Waals surface area contributed by atoms with E-state index in [1.165, 1.54) is 173 Å². The largest absolute Gasteiger partial charge is 0.194 e. The summed E-state index contributed by atoms with van der Waals surface area (Å²) in [5, 5.41) is 9.78. The summed E-state index contributed by atoms with van der Waals surface area (Å²) >= 11 is 2.28. The number of unbranched alkanes of at least 4 members (excludes halogenated alkanes) is 14. The molecule has 0 N–H and O–H groups in total. The van der Waals surface area contributed by atoms with Crippen molar-refractivity contribution < 1.29 is 0 Å². The Kier molecular flexibility index (Phi) is 25.9. The van der Waals surface area contributed by atoms with Gasteiger partial charge in [0, 0.05) is 5.25 Å². The van der Waals surface area contributed by atoms with Crippen molar-refractivity contribution in [2.45, 2.75) is 179 Å². The predicted octanol–water partition coefficient (Wildman–Crippen LogP) is 11.7. The van der Waals surface area contributed by atoms with Crippen LogP contribution in [0.15, 0.2) is 10.2 Å². The highest BCUT2D eigenvalue weighted by molar-refractivity contribution is 7.99. The molecule has 3 heteroatoms. The summed E-state index contributed by atoms with van der Waals surface area (Å²) < 4.78 is 0. The normalized spacial score (nSPS) is 16.7. The minimum atomic E-state index is 0.943. The summed E-state index contributed by atoms with van der Waals surface area (Å²) in [7, 11) is 0. The van der Waals surface area contributed by atoms with Crippen molar-refractivity contribution in [1.29, 1.82) is 0 Å². The van der Waals surface area contributed by atoms with E-state index < -0.39 is 0 Å². The van der Waals surface area contributed by atoms with Crippen molar-refractivity contribution in [2.24, 2.45) is 10.2 Å². The van der Waals surface area contributed by atoms with Gasteiger partial charge in [-0.1, -0.05) is 142 Å². The molecule has 0 unspecified atom stereocenters. The monoisotopic (exact) mass is 494 g/mol. The molecule has 0 radical (unpaired) electrons. The molecule has 0 aromatic rings. The van der Waals surface area contributed by atoms with Gasteiger partial charge in [0.2, 0.25) is 0 Å². The second kappa shape index (κ2) is 27.5. The summed E-state index contributed by atoms with van der Waals surface area (Å²) in [6, 6.07) is 0. The highest BCUT2D eigenvalue weighted by Gasteiger charge is 2.10. The van der Waals surface area contributed by atoms with Crippen molar-refractivity contribution in [3.05, 3.63) is 0 Å². The zero-order valence-corrected chi connectivity index (χ0v) is 24.2. The van der Waals surface area contributed by atoms with Gasteiger partial charge in [0.05, 0.1) is 13.1 Å². The third-order valence-electron chi connectivity index (χ3n) is 7.52. The van der Waals surface area contributed by atoms with Gasteiger partial charge in [0.1, 0.15) is 0 Å². The Labute approximate surface area is 219 Å². The highest BCUT2D eigenvalue weighted by Crippen LogP contribution is 2.26. The smallest absolute Gasteiger partial charge is 0.0598 e. The molecule has 0 atom stereocenters. The lowest BCUT2D eigenvalue weighted by Gasteiger charge is -2.16. The maximum atomic E-state index is 4.42. The van der Waals surface area contributed by atoms with Gasteiger partial charge in [0.25, 0.3) is 0 Å². The zero-order chi connectivity index (χ0) is 24.2. The van der Waals surface area contributed by atoms with E-state index in [2.05, 4.69) is 28.9 Å². The second-order valence-electron chi connectivity index (χ2n) is 10.9. The van der Waals surface area contributed by atoms with E-state index in [9.17, 15) is 0 Å². The van der Waals surface area contributed by atoms with Gasteiger partial charge in [-0.05, 0) is 37.9 Å². The van der Waals surface area contributed by atoms with E-state index >= 15 is 0 Å². The van der Waals surface area contributed by atoms with Crippen molar-refractivity contribution in [3.8, 4) is 0 Å². The lowest BCUT2D eigenvalue weighted by Crippen LogP contribution is -2.04. The molecule has 1 fully saturated rings. The van der Waals surface area contributed by atoms with Gasteiger partial charge in [-0.3, -0.25) is 0 Å². The van der Waals surface area contributed by atoms with Crippen LogP contribution in [-0.2, 0) is 0 Å². The topological polar surface area (TPSA) is 24.7 Å². The fourth-order valence-corrected chi connectivity index (χ4v) is 6.54. The van der Waals surface area contributed by atoms with E-state index in [-0.39, 0.29) is 0 Å². The number of hydrogen-bond acceptors (Lipinski definition) is 3. The van der Waals surface area contributed by atoms with E-state index in [4.69, 9.17) is 0 Å². The predicted molar refractivity (Wildman–Crippen MR) is 157 cm³/mol. The number of thioether (sulfide) groups is 1. The molecule has 0 aliphatic heterocycles. The lowest BCUT2D eigenvalue weighted by atomic mass is 10.0. The van der Waals surface area contributed by atoms with Crippen molar-refractivity contribution in [2.75, 3.05) is 18.8 Å². The molecule has 2 nitrogen and oxygen atoms in total. The van der Waals surface area contributed by atoms with Crippen LogP contribution in [-0.4, -0.2) is 24.1 Å². The summed E-state index contributed by atoms with van der Waals surface area (Å²) in [6.07, 6.45) is 37.0. The molecule has 1 saturated carbocycles. The van der Waals surface area contributed by atoms with E-state index in [1.807, 2.05) is 0 Å².